The van der Waals surface area contributed by atoms with Gasteiger partial charge in [-0.25, -0.2) is 23.1 Å². The van der Waals surface area contributed by atoms with Crippen molar-refractivity contribution in [2.75, 3.05) is 12.4 Å². The quantitative estimate of drug-likeness (QED) is 0.163. The van der Waals surface area contributed by atoms with Gasteiger partial charge >= 0.3 is 0 Å². The van der Waals surface area contributed by atoms with E-state index in [1.54, 1.807) is 37.3 Å². The number of hydrogen-bond acceptors (Lipinski definition) is 7. The van der Waals surface area contributed by atoms with Crippen molar-refractivity contribution >= 4 is 22.5 Å². The van der Waals surface area contributed by atoms with E-state index in [9.17, 15) is 18.0 Å². The minimum atomic E-state index is -0.949. The molecular weight excluding hydrogens is 557 g/mol. The molecule has 3 aromatic carbocycles. The summed E-state index contributed by atoms with van der Waals surface area (Å²) in [6.07, 6.45) is 3.43. The summed E-state index contributed by atoms with van der Waals surface area (Å²) in [5, 5.41) is 12.6. The van der Waals surface area contributed by atoms with Gasteiger partial charge in [0.05, 0.1) is 41.1 Å². The molecule has 220 valence electrons. The summed E-state index contributed by atoms with van der Waals surface area (Å²) in [5.74, 6) is -2.53. The Morgan fingerprint density at radius 3 is 2.49 bits per heavy atom. The van der Waals surface area contributed by atoms with Crippen LogP contribution in [0.1, 0.15) is 55.3 Å². The Bertz CT molecular complexity index is 1870. The molecule has 43 heavy (non-hydrogen) atoms. The monoisotopic (exact) mass is 586 g/mol. The van der Waals surface area contributed by atoms with Crippen LogP contribution in [0.25, 0.3) is 22.1 Å². The maximum Gasteiger partial charge on any atom is 0.200 e. The number of fused-ring (bicyclic) bond motifs is 1. The highest BCUT2D eigenvalue weighted by Gasteiger charge is 2.25. The molecule has 0 amide bonds. The van der Waals surface area contributed by atoms with Crippen molar-refractivity contribution < 1.29 is 22.3 Å². The third kappa shape index (κ3) is 5.86. The summed E-state index contributed by atoms with van der Waals surface area (Å²) in [6, 6.07) is 13.8. The lowest BCUT2D eigenvalue weighted by Crippen LogP contribution is -2.19. The van der Waals surface area contributed by atoms with Crippen LogP contribution in [0.5, 0.6) is 5.75 Å². The number of rotatable bonds is 10. The maximum absolute atomic E-state index is 14.6. The summed E-state index contributed by atoms with van der Waals surface area (Å²) in [4.78, 5) is 22.5. The van der Waals surface area contributed by atoms with Gasteiger partial charge in [0.2, 0.25) is 5.43 Å². The van der Waals surface area contributed by atoms with E-state index in [0.29, 0.717) is 28.6 Å². The van der Waals surface area contributed by atoms with Crippen LogP contribution in [0.2, 0.25) is 0 Å². The first-order valence-corrected chi connectivity index (χ1v) is 13.8. The number of anilines is 1. The van der Waals surface area contributed by atoms with Crippen LogP contribution in [0, 0.1) is 22.9 Å². The molecule has 2 aromatic heterocycles. The van der Waals surface area contributed by atoms with E-state index in [4.69, 9.17) is 14.6 Å². The fraction of sp³-hybridized carbons (Fsp3) is 0.212. The van der Waals surface area contributed by atoms with Crippen LogP contribution in [0.3, 0.4) is 0 Å². The van der Waals surface area contributed by atoms with Gasteiger partial charge < -0.3 is 14.5 Å². The molecule has 2 N–H and O–H groups in total. The number of aryl methyl sites for hydroxylation is 1. The lowest BCUT2D eigenvalue weighted by molar-refractivity contribution is 0.360. The molecule has 0 aliphatic rings. The number of methoxy groups -OCH3 is 1. The lowest BCUT2D eigenvalue weighted by atomic mass is 9.97. The molecule has 5 aromatic rings. The average Bonchev–Trinajstić information content (AvgIpc) is 2.99. The number of halogens is 3. The van der Waals surface area contributed by atoms with E-state index in [-0.39, 0.29) is 39.4 Å². The third-order valence-corrected chi connectivity index (χ3v) is 7.12. The van der Waals surface area contributed by atoms with Gasteiger partial charge in [0.15, 0.2) is 17.4 Å². The van der Waals surface area contributed by atoms with E-state index in [0.717, 1.165) is 32.1 Å². The van der Waals surface area contributed by atoms with Gasteiger partial charge in [0.1, 0.15) is 29.3 Å². The zero-order chi connectivity index (χ0) is 30.7. The molecule has 0 aliphatic heterocycles. The fourth-order valence-electron chi connectivity index (χ4n) is 5.02. The predicted octanol–water partition coefficient (Wildman–Crippen LogP) is 7.61. The van der Waals surface area contributed by atoms with Crippen LogP contribution in [-0.4, -0.2) is 22.8 Å². The van der Waals surface area contributed by atoms with Crippen LogP contribution >= 0.6 is 0 Å². The summed E-state index contributed by atoms with van der Waals surface area (Å²) < 4.78 is 54.6. The van der Waals surface area contributed by atoms with Crippen molar-refractivity contribution in [3.05, 3.63) is 117 Å². The molecule has 0 saturated carbocycles. The van der Waals surface area contributed by atoms with E-state index in [2.05, 4.69) is 15.3 Å². The summed E-state index contributed by atoms with van der Waals surface area (Å²) in [6.45, 7) is 3.75. The van der Waals surface area contributed by atoms with Crippen LogP contribution in [-0.2, 0) is 6.42 Å². The predicted molar refractivity (Wildman–Crippen MR) is 159 cm³/mol. The van der Waals surface area contributed by atoms with Crippen molar-refractivity contribution in [2.24, 2.45) is 0 Å². The van der Waals surface area contributed by atoms with Crippen molar-refractivity contribution in [1.82, 2.24) is 9.97 Å². The van der Waals surface area contributed by atoms with E-state index < -0.39 is 29.2 Å². The summed E-state index contributed by atoms with van der Waals surface area (Å²) in [7, 11) is 1.16. The van der Waals surface area contributed by atoms with Gasteiger partial charge in [0.25, 0.3) is 0 Å². The Morgan fingerprint density at radius 1 is 1.05 bits per heavy atom. The Kier molecular flexibility index (Phi) is 8.56. The topological polar surface area (TPSA) is 101 Å². The van der Waals surface area contributed by atoms with Crippen molar-refractivity contribution in [1.29, 1.82) is 5.41 Å². The van der Waals surface area contributed by atoms with Gasteiger partial charge in [0, 0.05) is 5.56 Å². The molecule has 0 saturated heterocycles. The minimum absolute atomic E-state index is 0.0308. The number of unbranched alkanes of at least 4 members (excludes halogenated alkanes) is 1. The smallest absolute Gasteiger partial charge is 0.200 e. The van der Waals surface area contributed by atoms with Gasteiger partial charge in [-0.15, -0.1) is 0 Å². The van der Waals surface area contributed by atoms with Gasteiger partial charge in [-0.1, -0.05) is 37.6 Å². The molecule has 0 aliphatic carbocycles. The number of hydrogen-bond donors (Lipinski definition) is 2. The van der Waals surface area contributed by atoms with E-state index in [1.165, 1.54) is 24.5 Å². The zero-order valence-electron chi connectivity index (χ0n) is 23.8. The number of benzene rings is 3. The number of ether oxygens (including phenoxy) is 1. The number of aromatic nitrogens is 2. The highest BCUT2D eigenvalue weighted by atomic mass is 19.1. The van der Waals surface area contributed by atoms with Crippen LogP contribution in [0.15, 0.2) is 76.2 Å². The molecule has 1 unspecified atom stereocenters. The average molecular weight is 587 g/mol. The molecular formula is C33H29F3N4O3. The van der Waals surface area contributed by atoms with Crippen molar-refractivity contribution in [2.45, 2.75) is 39.2 Å². The van der Waals surface area contributed by atoms with Crippen molar-refractivity contribution in [3.8, 4) is 16.9 Å². The Labute approximate surface area is 245 Å². The molecule has 1 atom stereocenters. The van der Waals surface area contributed by atoms with Gasteiger partial charge in [-0.05, 0) is 61.7 Å². The number of nitrogens with one attached hydrogen (secondary N) is 2. The SMILES string of the molecule is CCCCc1ncnc(NC(C)c2oc3ccccc3c(=O)c2-c2cccc(F)c2)c1C(=N)c1cc(F)c(OC)c(F)c1. The van der Waals surface area contributed by atoms with Crippen LogP contribution < -0.4 is 15.5 Å². The first-order valence-electron chi connectivity index (χ1n) is 13.8. The maximum atomic E-state index is 14.6. The summed E-state index contributed by atoms with van der Waals surface area (Å²) >= 11 is 0. The number of nitrogens with zero attached hydrogens (tertiary/aromatic N) is 2. The molecule has 0 bridgehead atoms. The summed E-state index contributed by atoms with van der Waals surface area (Å²) in [5.41, 5.74) is 1.06. The van der Waals surface area contributed by atoms with Crippen LogP contribution in [0.4, 0.5) is 19.0 Å². The molecule has 2 heterocycles. The highest BCUT2D eigenvalue weighted by molar-refractivity contribution is 6.14. The normalized spacial score (nSPS) is 11.9. The molecule has 0 radical (unpaired) electrons. The molecule has 5 rings (SSSR count). The van der Waals surface area contributed by atoms with E-state index in [1.807, 2.05) is 6.92 Å². The molecule has 0 fully saturated rings. The fourth-order valence-corrected chi connectivity index (χ4v) is 5.02. The lowest BCUT2D eigenvalue weighted by Gasteiger charge is -2.21. The first-order chi connectivity index (χ1) is 20.7. The second-order valence-electron chi connectivity index (χ2n) is 10.0. The molecule has 7 nitrogen and oxygen atoms in total. The second-order valence-corrected chi connectivity index (χ2v) is 10.0. The van der Waals surface area contributed by atoms with Gasteiger partial charge in [-0.3, -0.25) is 10.2 Å². The Balaban J connectivity index is 1.65. The third-order valence-electron chi connectivity index (χ3n) is 7.12. The minimum Gasteiger partial charge on any atom is -0.491 e. The standard InChI is InChI=1S/C33H29F3N4O3/c1-4-5-12-25-28(29(37)20-15-23(35)32(42-3)24(36)16-20)33(39-17-38-25)40-18(2)31-27(19-9-8-10-21(34)14-19)30(41)22-11-6-7-13-26(22)43-31/h6-11,13-18,37H,4-5,12H2,1-3H3,(H,38,39,40). The molecule has 0 spiro atoms. The highest BCUT2D eigenvalue weighted by Crippen LogP contribution is 2.33. The molecule has 10 heteroatoms. The van der Waals surface area contributed by atoms with Crippen molar-refractivity contribution in [3.63, 3.8) is 0 Å². The Morgan fingerprint density at radius 2 is 1.79 bits per heavy atom. The second kappa shape index (κ2) is 12.5. The van der Waals surface area contributed by atoms with Gasteiger partial charge in [-0.2, -0.15) is 0 Å². The van der Waals surface area contributed by atoms with E-state index >= 15 is 0 Å². The number of para-hydroxylation sites is 1. The first kappa shape index (κ1) is 29.5. The largest absolute Gasteiger partial charge is 0.491 e. The Hall–Kier alpha value is -4.99. The zero-order valence-corrected chi connectivity index (χ0v) is 23.8.